The van der Waals surface area contributed by atoms with Crippen molar-refractivity contribution in [2.75, 3.05) is 31.1 Å². The zero-order chi connectivity index (χ0) is 15.4. The second kappa shape index (κ2) is 6.77. The molecule has 0 aromatic carbocycles. The fourth-order valence-corrected chi connectivity index (χ4v) is 3.08. The highest BCUT2D eigenvalue weighted by molar-refractivity contribution is 5.88. The van der Waals surface area contributed by atoms with Crippen LogP contribution in [0.4, 0.5) is 5.82 Å². The van der Waals surface area contributed by atoms with Gasteiger partial charge in [0.1, 0.15) is 11.9 Å². The summed E-state index contributed by atoms with van der Waals surface area (Å²) in [7, 11) is 0. The number of hydrogen-bond acceptors (Lipinski definition) is 4. The molecule has 3 heterocycles. The number of nitrogens with zero attached hydrogens (tertiary/aromatic N) is 3. The van der Waals surface area contributed by atoms with Crippen LogP contribution in [-0.4, -0.2) is 53.9 Å². The maximum absolute atomic E-state index is 12.6. The molecular formula is C16H22N4O2. The lowest BCUT2D eigenvalue weighted by Gasteiger charge is -2.36. The minimum absolute atomic E-state index is 0.00275. The van der Waals surface area contributed by atoms with Crippen molar-refractivity contribution in [3.8, 4) is 0 Å². The number of nitrogens with one attached hydrogen (secondary N) is 1. The highest BCUT2D eigenvalue weighted by atomic mass is 16.2. The number of piperazine rings is 1. The summed E-state index contributed by atoms with van der Waals surface area (Å²) in [4.78, 5) is 32.6. The predicted molar refractivity (Wildman–Crippen MR) is 83.4 cm³/mol. The molecule has 2 fully saturated rings. The average molecular weight is 302 g/mol. The largest absolute Gasteiger partial charge is 0.353 e. The molecule has 1 N–H and O–H groups in total. The Morgan fingerprint density at radius 3 is 2.73 bits per heavy atom. The van der Waals surface area contributed by atoms with Crippen LogP contribution in [0.1, 0.15) is 25.7 Å². The summed E-state index contributed by atoms with van der Waals surface area (Å²) in [5, 5.41) is 2.86. The van der Waals surface area contributed by atoms with Gasteiger partial charge in [-0.2, -0.15) is 0 Å². The first kappa shape index (κ1) is 14.8. The lowest BCUT2D eigenvalue weighted by atomic mass is 10.1. The van der Waals surface area contributed by atoms with Crippen molar-refractivity contribution in [1.82, 2.24) is 15.2 Å². The van der Waals surface area contributed by atoms with Crippen LogP contribution >= 0.6 is 0 Å². The van der Waals surface area contributed by atoms with Crippen molar-refractivity contribution in [3.63, 3.8) is 0 Å². The molecule has 2 aliphatic heterocycles. The number of amides is 2. The van der Waals surface area contributed by atoms with Gasteiger partial charge in [0.25, 0.3) is 0 Å². The highest BCUT2D eigenvalue weighted by Crippen LogP contribution is 2.15. The van der Waals surface area contributed by atoms with E-state index in [4.69, 9.17) is 0 Å². The third-order valence-corrected chi connectivity index (χ3v) is 4.34. The van der Waals surface area contributed by atoms with Crippen LogP contribution in [0.15, 0.2) is 24.4 Å². The Labute approximate surface area is 130 Å². The van der Waals surface area contributed by atoms with Gasteiger partial charge in [-0.05, 0) is 25.0 Å². The van der Waals surface area contributed by atoms with Crippen LogP contribution in [0.2, 0.25) is 0 Å². The Morgan fingerprint density at radius 2 is 2.00 bits per heavy atom. The molecule has 1 aromatic heterocycles. The predicted octanol–water partition coefficient (Wildman–Crippen LogP) is 0.789. The van der Waals surface area contributed by atoms with Gasteiger partial charge in [0, 0.05) is 38.8 Å². The quantitative estimate of drug-likeness (QED) is 0.877. The van der Waals surface area contributed by atoms with Gasteiger partial charge in [0.15, 0.2) is 0 Å². The average Bonchev–Trinajstić information content (AvgIpc) is 2.80. The van der Waals surface area contributed by atoms with Crippen molar-refractivity contribution in [2.24, 2.45) is 0 Å². The van der Waals surface area contributed by atoms with Gasteiger partial charge < -0.3 is 15.1 Å². The Balaban J connectivity index is 1.56. The van der Waals surface area contributed by atoms with E-state index in [0.717, 1.165) is 38.2 Å². The summed E-state index contributed by atoms with van der Waals surface area (Å²) >= 11 is 0. The number of anilines is 1. The number of carbonyl (C=O) groups is 2. The lowest BCUT2D eigenvalue weighted by molar-refractivity contribution is -0.136. The molecule has 118 valence electrons. The summed E-state index contributed by atoms with van der Waals surface area (Å²) in [5.74, 6) is 1.02. The molecule has 2 amide bonds. The van der Waals surface area contributed by atoms with Gasteiger partial charge >= 0.3 is 0 Å². The van der Waals surface area contributed by atoms with Crippen LogP contribution < -0.4 is 10.2 Å². The van der Waals surface area contributed by atoms with Crippen molar-refractivity contribution < 1.29 is 9.59 Å². The molecule has 1 atom stereocenters. The van der Waals surface area contributed by atoms with Crippen LogP contribution in [0, 0.1) is 0 Å². The van der Waals surface area contributed by atoms with E-state index in [9.17, 15) is 9.59 Å². The molecular weight excluding hydrogens is 280 g/mol. The number of carbonyl (C=O) groups excluding carboxylic acids is 2. The minimum atomic E-state index is -0.337. The number of rotatable bonds is 2. The number of aromatic nitrogens is 1. The SMILES string of the molecule is O=C1CCCCC(C(=O)N2CCN(c3ccccn3)CC2)N1. The summed E-state index contributed by atoms with van der Waals surface area (Å²) < 4.78 is 0. The minimum Gasteiger partial charge on any atom is -0.353 e. The van der Waals surface area contributed by atoms with Crippen LogP contribution in [-0.2, 0) is 9.59 Å². The van der Waals surface area contributed by atoms with Gasteiger partial charge in [-0.25, -0.2) is 4.98 Å². The summed E-state index contributed by atoms with van der Waals surface area (Å²) in [6.45, 7) is 2.93. The maximum Gasteiger partial charge on any atom is 0.245 e. The van der Waals surface area contributed by atoms with E-state index in [0.29, 0.717) is 19.5 Å². The zero-order valence-electron chi connectivity index (χ0n) is 12.7. The topological polar surface area (TPSA) is 65.5 Å². The van der Waals surface area contributed by atoms with Crippen LogP contribution in [0.3, 0.4) is 0 Å². The molecule has 2 aliphatic rings. The molecule has 0 radical (unpaired) electrons. The second-order valence-corrected chi connectivity index (χ2v) is 5.87. The molecule has 22 heavy (non-hydrogen) atoms. The molecule has 6 heteroatoms. The second-order valence-electron chi connectivity index (χ2n) is 5.87. The summed E-state index contributed by atoms with van der Waals surface area (Å²) in [6.07, 6.45) is 4.89. The fraction of sp³-hybridized carbons (Fsp3) is 0.562. The summed E-state index contributed by atoms with van der Waals surface area (Å²) in [6, 6.07) is 5.53. The lowest BCUT2D eigenvalue weighted by Crippen LogP contribution is -2.54. The van der Waals surface area contributed by atoms with E-state index in [1.165, 1.54) is 0 Å². The van der Waals surface area contributed by atoms with Gasteiger partial charge in [0.05, 0.1) is 0 Å². The van der Waals surface area contributed by atoms with E-state index < -0.39 is 0 Å². The van der Waals surface area contributed by atoms with E-state index in [1.54, 1.807) is 6.20 Å². The first-order valence-corrected chi connectivity index (χ1v) is 7.98. The van der Waals surface area contributed by atoms with E-state index >= 15 is 0 Å². The molecule has 3 rings (SSSR count). The first-order chi connectivity index (χ1) is 10.7. The molecule has 6 nitrogen and oxygen atoms in total. The molecule has 0 saturated carbocycles. The number of hydrogen-bond donors (Lipinski definition) is 1. The number of pyridine rings is 1. The smallest absolute Gasteiger partial charge is 0.245 e. The van der Waals surface area contributed by atoms with Gasteiger partial charge in [-0.3, -0.25) is 9.59 Å². The van der Waals surface area contributed by atoms with Gasteiger partial charge in [0.2, 0.25) is 11.8 Å². The molecule has 0 aliphatic carbocycles. The first-order valence-electron chi connectivity index (χ1n) is 7.98. The zero-order valence-corrected chi connectivity index (χ0v) is 12.7. The van der Waals surface area contributed by atoms with Crippen molar-refractivity contribution >= 4 is 17.6 Å². The molecule has 2 saturated heterocycles. The Kier molecular flexibility index (Phi) is 4.56. The Bertz CT molecular complexity index is 526. The third-order valence-electron chi connectivity index (χ3n) is 4.34. The van der Waals surface area contributed by atoms with Gasteiger partial charge in [-0.1, -0.05) is 12.5 Å². The van der Waals surface area contributed by atoms with Crippen molar-refractivity contribution in [2.45, 2.75) is 31.7 Å². The Hall–Kier alpha value is -2.11. The maximum atomic E-state index is 12.6. The molecule has 0 spiro atoms. The molecule has 1 aromatic rings. The highest BCUT2D eigenvalue weighted by Gasteiger charge is 2.29. The van der Waals surface area contributed by atoms with E-state index in [2.05, 4.69) is 15.2 Å². The molecule has 0 bridgehead atoms. The van der Waals surface area contributed by atoms with E-state index in [-0.39, 0.29) is 17.9 Å². The van der Waals surface area contributed by atoms with E-state index in [1.807, 2.05) is 23.1 Å². The van der Waals surface area contributed by atoms with Crippen LogP contribution in [0.25, 0.3) is 0 Å². The van der Waals surface area contributed by atoms with Crippen molar-refractivity contribution in [1.29, 1.82) is 0 Å². The standard InChI is InChI=1S/C16H22N4O2/c21-15-7-2-1-5-13(18-15)16(22)20-11-9-19(10-12-20)14-6-3-4-8-17-14/h3-4,6,8,13H,1-2,5,7,9-12H2,(H,18,21). The third kappa shape index (κ3) is 3.37. The van der Waals surface area contributed by atoms with Gasteiger partial charge in [-0.15, -0.1) is 0 Å². The van der Waals surface area contributed by atoms with Crippen molar-refractivity contribution in [3.05, 3.63) is 24.4 Å². The fourth-order valence-electron chi connectivity index (χ4n) is 3.08. The van der Waals surface area contributed by atoms with Crippen LogP contribution in [0.5, 0.6) is 0 Å². The summed E-state index contributed by atoms with van der Waals surface area (Å²) in [5.41, 5.74) is 0. The normalized spacial score (nSPS) is 22.9. The Morgan fingerprint density at radius 1 is 1.18 bits per heavy atom. The molecule has 1 unspecified atom stereocenters. The monoisotopic (exact) mass is 302 g/mol.